The molecule has 5 rings (SSSR count). The Balaban J connectivity index is 1.45. The first-order valence-electron chi connectivity index (χ1n) is 15.9. The van der Waals surface area contributed by atoms with Crippen LogP contribution in [0, 0.1) is 5.92 Å². The van der Waals surface area contributed by atoms with Crippen LogP contribution in [0.3, 0.4) is 0 Å². The Hall–Kier alpha value is -3.64. The molecule has 2 aromatic carbocycles. The third-order valence-corrected chi connectivity index (χ3v) is 9.53. The molecule has 1 saturated carbocycles. The van der Waals surface area contributed by atoms with Gasteiger partial charge in [-0.05, 0) is 113 Å². The van der Waals surface area contributed by atoms with Crippen molar-refractivity contribution < 1.29 is 0 Å². The molecule has 0 heteroatoms. The molecule has 0 radical (unpaired) electrons. The Morgan fingerprint density at radius 1 is 0.976 bits per heavy atom. The van der Waals surface area contributed by atoms with Gasteiger partial charge in [0.05, 0.1) is 0 Å². The van der Waals surface area contributed by atoms with Crippen molar-refractivity contribution in [3.8, 4) is 0 Å². The van der Waals surface area contributed by atoms with Crippen LogP contribution in [0.1, 0.15) is 107 Å². The molecule has 0 aromatic heterocycles. The summed E-state index contributed by atoms with van der Waals surface area (Å²) < 4.78 is 0. The Kier molecular flexibility index (Phi) is 8.74. The molecule has 0 nitrogen and oxygen atoms in total. The molecule has 0 amide bonds. The standard InChI is InChI=1S/C42H48/c1-10-12-28(7)40-29(8)21-38-24-37(30(9)41(38)42(40)34-18-16-33(17-19-34)26(3)4)23-31-13-14-36(22-31)39-25-35(27(5)6)20-15-32(39)11-2/h13-21,23,25-26,41-42H,5,7,9-12,22,24H2,1-4,6,8H3. The van der Waals surface area contributed by atoms with Gasteiger partial charge in [-0.15, -0.1) is 0 Å². The molecule has 1 fully saturated rings. The topological polar surface area (TPSA) is 0 Å². The van der Waals surface area contributed by atoms with Crippen molar-refractivity contribution in [1.29, 1.82) is 0 Å². The Morgan fingerprint density at radius 2 is 1.71 bits per heavy atom. The van der Waals surface area contributed by atoms with Crippen LogP contribution in [-0.4, -0.2) is 0 Å². The molecular weight excluding hydrogens is 504 g/mol. The van der Waals surface area contributed by atoms with Crippen LogP contribution in [-0.2, 0) is 6.42 Å². The fraction of sp³-hybridized carbons (Fsp3) is 0.333. The van der Waals surface area contributed by atoms with E-state index in [1.54, 1.807) is 0 Å². The highest BCUT2D eigenvalue weighted by molar-refractivity contribution is 5.78. The smallest absolute Gasteiger partial charge is 0.0201 e. The maximum absolute atomic E-state index is 4.77. The Bertz CT molecular complexity index is 1590. The zero-order chi connectivity index (χ0) is 30.1. The molecule has 2 unspecified atom stereocenters. The average Bonchev–Trinajstić information content (AvgIpc) is 3.56. The Morgan fingerprint density at radius 3 is 2.36 bits per heavy atom. The van der Waals surface area contributed by atoms with Gasteiger partial charge < -0.3 is 0 Å². The second kappa shape index (κ2) is 12.3. The first-order valence-corrected chi connectivity index (χ1v) is 15.9. The van der Waals surface area contributed by atoms with Crippen molar-refractivity contribution in [2.45, 2.75) is 85.5 Å². The molecule has 2 atom stereocenters. The van der Waals surface area contributed by atoms with Gasteiger partial charge in [0.2, 0.25) is 0 Å². The first-order chi connectivity index (χ1) is 20.1. The second-order valence-corrected chi connectivity index (χ2v) is 12.9. The van der Waals surface area contributed by atoms with E-state index in [9.17, 15) is 0 Å². The van der Waals surface area contributed by atoms with E-state index in [1.807, 2.05) is 0 Å². The lowest BCUT2D eigenvalue weighted by Crippen LogP contribution is -2.21. The SMILES string of the molecule is C=C(CCC)C1=C(C)C=C2CC(=CC3=CC=C(c4cc(C(=C)C)ccc4CC)C3)C(=C)C2C1c1ccc(C(C)C)cc1. The van der Waals surface area contributed by atoms with Gasteiger partial charge in [-0.25, -0.2) is 0 Å². The van der Waals surface area contributed by atoms with Crippen LogP contribution in [0.4, 0.5) is 0 Å². The molecule has 0 bridgehead atoms. The van der Waals surface area contributed by atoms with Gasteiger partial charge in [-0.2, -0.15) is 0 Å². The number of hydrogen-bond donors (Lipinski definition) is 0. The quantitative estimate of drug-likeness (QED) is 0.290. The minimum Gasteiger partial charge on any atom is -0.0955 e. The lowest BCUT2D eigenvalue weighted by molar-refractivity contribution is 0.619. The lowest BCUT2D eigenvalue weighted by Gasteiger charge is -2.34. The van der Waals surface area contributed by atoms with E-state index < -0.39 is 0 Å². The zero-order valence-electron chi connectivity index (χ0n) is 26.7. The number of aryl methyl sites for hydroxylation is 1. The van der Waals surface area contributed by atoms with Gasteiger partial charge in [-0.1, -0.05) is 131 Å². The van der Waals surface area contributed by atoms with Crippen LogP contribution >= 0.6 is 0 Å². The van der Waals surface area contributed by atoms with E-state index >= 15 is 0 Å². The van der Waals surface area contributed by atoms with E-state index in [1.165, 1.54) is 72.4 Å². The minimum atomic E-state index is 0.270. The third kappa shape index (κ3) is 5.69. The van der Waals surface area contributed by atoms with Gasteiger partial charge >= 0.3 is 0 Å². The van der Waals surface area contributed by atoms with Gasteiger partial charge in [0.15, 0.2) is 0 Å². The molecule has 2 aromatic rings. The Labute approximate surface area is 255 Å². The highest BCUT2D eigenvalue weighted by Gasteiger charge is 2.41. The van der Waals surface area contributed by atoms with Crippen molar-refractivity contribution in [2.24, 2.45) is 5.92 Å². The van der Waals surface area contributed by atoms with Crippen molar-refractivity contribution >= 4 is 11.1 Å². The highest BCUT2D eigenvalue weighted by atomic mass is 14.4. The normalized spacial score (nSPS) is 21.1. The predicted octanol–water partition coefficient (Wildman–Crippen LogP) is 12.0. The summed E-state index contributed by atoms with van der Waals surface area (Å²) in [4.78, 5) is 0. The average molecular weight is 553 g/mol. The van der Waals surface area contributed by atoms with Crippen LogP contribution in [0.2, 0.25) is 0 Å². The second-order valence-electron chi connectivity index (χ2n) is 12.9. The highest BCUT2D eigenvalue weighted by Crippen LogP contribution is 2.55. The van der Waals surface area contributed by atoms with Crippen LogP contribution < -0.4 is 0 Å². The molecule has 216 valence electrons. The molecule has 42 heavy (non-hydrogen) atoms. The van der Waals surface area contributed by atoms with Gasteiger partial charge in [0, 0.05) is 11.8 Å². The fourth-order valence-electron chi connectivity index (χ4n) is 7.22. The molecule has 0 heterocycles. The summed E-state index contributed by atoms with van der Waals surface area (Å²) in [6.45, 7) is 27.0. The van der Waals surface area contributed by atoms with Crippen LogP contribution in [0.25, 0.3) is 11.1 Å². The predicted molar refractivity (Wildman–Crippen MR) is 185 cm³/mol. The molecular formula is C42H48. The molecule has 3 aliphatic rings. The number of rotatable bonds is 9. The van der Waals surface area contributed by atoms with Crippen molar-refractivity contribution in [1.82, 2.24) is 0 Å². The molecule has 3 aliphatic carbocycles. The number of fused-ring (bicyclic) bond motifs is 1. The van der Waals surface area contributed by atoms with Gasteiger partial charge in [0.25, 0.3) is 0 Å². The maximum Gasteiger partial charge on any atom is 0.0201 e. The summed E-state index contributed by atoms with van der Waals surface area (Å²) in [5.74, 6) is 1.09. The monoisotopic (exact) mass is 552 g/mol. The van der Waals surface area contributed by atoms with E-state index in [4.69, 9.17) is 6.58 Å². The molecule has 0 spiro atoms. The van der Waals surface area contributed by atoms with Gasteiger partial charge in [0.1, 0.15) is 0 Å². The number of hydrogen-bond acceptors (Lipinski definition) is 0. The first kappa shape index (κ1) is 29.8. The van der Waals surface area contributed by atoms with E-state index in [0.29, 0.717) is 11.8 Å². The maximum atomic E-state index is 4.77. The van der Waals surface area contributed by atoms with Crippen LogP contribution in [0.5, 0.6) is 0 Å². The summed E-state index contributed by atoms with van der Waals surface area (Å²) >= 11 is 0. The van der Waals surface area contributed by atoms with E-state index in [-0.39, 0.29) is 5.92 Å². The van der Waals surface area contributed by atoms with Crippen molar-refractivity contribution in [3.63, 3.8) is 0 Å². The summed E-state index contributed by atoms with van der Waals surface area (Å²) in [6, 6.07) is 16.2. The van der Waals surface area contributed by atoms with E-state index in [0.717, 1.165) is 37.7 Å². The zero-order valence-corrected chi connectivity index (χ0v) is 26.7. The molecule has 0 saturated heterocycles. The largest absolute Gasteiger partial charge is 0.0955 e. The van der Waals surface area contributed by atoms with Crippen LogP contribution in [0.15, 0.2) is 126 Å². The summed E-state index contributed by atoms with van der Waals surface area (Å²) in [6.07, 6.45) is 14.7. The number of benzene rings is 2. The van der Waals surface area contributed by atoms with Crippen molar-refractivity contribution in [2.75, 3.05) is 0 Å². The van der Waals surface area contributed by atoms with Gasteiger partial charge in [-0.3, -0.25) is 0 Å². The minimum absolute atomic E-state index is 0.270. The number of allylic oxidation sites excluding steroid dienone is 13. The lowest BCUT2D eigenvalue weighted by atomic mass is 9.69. The fourth-order valence-corrected chi connectivity index (χ4v) is 7.22. The summed E-state index contributed by atoms with van der Waals surface area (Å²) in [5.41, 5.74) is 18.9. The van der Waals surface area contributed by atoms with Crippen molar-refractivity contribution in [3.05, 3.63) is 153 Å². The third-order valence-electron chi connectivity index (χ3n) is 9.53. The molecule has 0 aliphatic heterocycles. The van der Waals surface area contributed by atoms with E-state index in [2.05, 4.69) is 121 Å². The summed E-state index contributed by atoms with van der Waals surface area (Å²) in [5, 5.41) is 0. The molecule has 0 N–H and O–H groups in total. The summed E-state index contributed by atoms with van der Waals surface area (Å²) in [7, 11) is 0.